The largest absolute Gasteiger partial charge is 0.486 e. The zero-order chi connectivity index (χ0) is 23.4. The Labute approximate surface area is 197 Å². The SMILES string of the molecule is C[C@H](NC(=O)CN(c1ccccc1Cl)S(=O)(=O)c1ccccc1)c1ccc2c(c1)OCCO2. The second-order valence-corrected chi connectivity index (χ2v) is 9.74. The topological polar surface area (TPSA) is 84.9 Å². The summed E-state index contributed by atoms with van der Waals surface area (Å²) in [6.45, 7) is 2.33. The van der Waals surface area contributed by atoms with E-state index in [0.29, 0.717) is 24.7 Å². The summed E-state index contributed by atoms with van der Waals surface area (Å²) in [6, 6.07) is 19.5. The molecule has 1 atom stereocenters. The van der Waals surface area contributed by atoms with Crippen molar-refractivity contribution in [3.8, 4) is 11.5 Å². The van der Waals surface area contributed by atoms with Crippen molar-refractivity contribution in [3.05, 3.63) is 83.4 Å². The molecule has 0 radical (unpaired) electrons. The Morgan fingerprint density at radius 3 is 2.39 bits per heavy atom. The molecule has 0 saturated heterocycles. The summed E-state index contributed by atoms with van der Waals surface area (Å²) in [5.74, 6) is 0.795. The number of rotatable bonds is 7. The summed E-state index contributed by atoms with van der Waals surface area (Å²) < 4.78 is 39.0. The molecule has 0 saturated carbocycles. The minimum absolute atomic E-state index is 0.0672. The lowest BCUT2D eigenvalue weighted by atomic mass is 10.1. The fraction of sp³-hybridized carbons (Fsp3) is 0.208. The van der Waals surface area contributed by atoms with E-state index in [0.717, 1.165) is 9.87 Å². The number of hydrogen-bond acceptors (Lipinski definition) is 5. The molecule has 3 aromatic carbocycles. The molecule has 7 nitrogen and oxygen atoms in total. The van der Waals surface area contributed by atoms with Gasteiger partial charge in [0.15, 0.2) is 11.5 Å². The normalized spacial score (nSPS) is 13.8. The smallest absolute Gasteiger partial charge is 0.264 e. The number of nitrogens with zero attached hydrogens (tertiary/aromatic N) is 1. The first kappa shape index (κ1) is 22.9. The van der Waals surface area contributed by atoms with Crippen LogP contribution in [0.2, 0.25) is 5.02 Å². The van der Waals surface area contributed by atoms with E-state index in [1.807, 2.05) is 19.1 Å². The van der Waals surface area contributed by atoms with Crippen LogP contribution in [0.5, 0.6) is 11.5 Å². The molecule has 0 aromatic heterocycles. The number of hydrogen-bond donors (Lipinski definition) is 1. The van der Waals surface area contributed by atoms with Crippen molar-refractivity contribution in [2.75, 3.05) is 24.1 Å². The molecule has 3 aromatic rings. The van der Waals surface area contributed by atoms with Gasteiger partial charge in [-0.25, -0.2) is 8.42 Å². The number of fused-ring (bicyclic) bond motifs is 1. The Morgan fingerprint density at radius 2 is 1.67 bits per heavy atom. The molecule has 0 bridgehead atoms. The molecular weight excluding hydrogens is 464 g/mol. The monoisotopic (exact) mass is 486 g/mol. The molecule has 0 fully saturated rings. The minimum atomic E-state index is -4.03. The number of carbonyl (C=O) groups is 1. The van der Waals surface area contributed by atoms with E-state index in [1.54, 1.807) is 48.5 Å². The number of nitrogens with one attached hydrogen (secondary N) is 1. The van der Waals surface area contributed by atoms with Crippen LogP contribution in [0.25, 0.3) is 0 Å². The molecule has 33 heavy (non-hydrogen) atoms. The fourth-order valence-electron chi connectivity index (χ4n) is 3.50. The number of benzene rings is 3. The quantitative estimate of drug-likeness (QED) is 0.541. The number of halogens is 1. The van der Waals surface area contributed by atoms with Gasteiger partial charge < -0.3 is 14.8 Å². The van der Waals surface area contributed by atoms with Gasteiger partial charge in [0.05, 0.1) is 21.6 Å². The van der Waals surface area contributed by atoms with Gasteiger partial charge in [0, 0.05) is 0 Å². The number of carbonyl (C=O) groups excluding carboxylic acids is 1. The Balaban J connectivity index is 1.57. The van der Waals surface area contributed by atoms with Gasteiger partial charge in [-0.15, -0.1) is 0 Å². The highest BCUT2D eigenvalue weighted by Gasteiger charge is 2.29. The average Bonchev–Trinajstić information content (AvgIpc) is 2.83. The van der Waals surface area contributed by atoms with E-state index in [9.17, 15) is 13.2 Å². The predicted molar refractivity (Wildman–Crippen MR) is 126 cm³/mol. The lowest BCUT2D eigenvalue weighted by molar-refractivity contribution is -0.120. The van der Waals surface area contributed by atoms with Crippen LogP contribution in [0, 0.1) is 0 Å². The maximum absolute atomic E-state index is 13.4. The van der Waals surface area contributed by atoms with Gasteiger partial charge in [-0.2, -0.15) is 0 Å². The molecule has 1 amide bonds. The summed E-state index contributed by atoms with van der Waals surface area (Å²) in [5.41, 5.74) is 1.04. The first-order valence-corrected chi connectivity index (χ1v) is 12.2. The molecule has 1 aliphatic rings. The molecule has 0 aliphatic carbocycles. The van der Waals surface area contributed by atoms with Crippen LogP contribution in [0.1, 0.15) is 18.5 Å². The third-order valence-electron chi connectivity index (χ3n) is 5.18. The van der Waals surface area contributed by atoms with Gasteiger partial charge in [0.2, 0.25) is 5.91 Å². The van der Waals surface area contributed by atoms with E-state index in [4.69, 9.17) is 21.1 Å². The zero-order valence-electron chi connectivity index (χ0n) is 17.9. The summed E-state index contributed by atoms with van der Waals surface area (Å²) in [7, 11) is -4.03. The highest BCUT2D eigenvalue weighted by Crippen LogP contribution is 2.33. The van der Waals surface area contributed by atoms with Crippen molar-refractivity contribution in [2.45, 2.75) is 17.9 Å². The van der Waals surface area contributed by atoms with Crippen LogP contribution >= 0.6 is 11.6 Å². The first-order chi connectivity index (χ1) is 15.9. The molecule has 4 rings (SSSR count). The van der Waals surface area contributed by atoms with Gasteiger partial charge in [-0.05, 0) is 48.9 Å². The summed E-state index contributed by atoms with van der Waals surface area (Å²) in [4.78, 5) is 13.0. The summed E-state index contributed by atoms with van der Waals surface area (Å²) in [5, 5.41) is 3.09. The molecule has 1 aliphatic heterocycles. The first-order valence-electron chi connectivity index (χ1n) is 10.4. The fourth-order valence-corrected chi connectivity index (χ4v) is 5.25. The summed E-state index contributed by atoms with van der Waals surface area (Å²) in [6.07, 6.45) is 0. The highest BCUT2D eigenvalue weighted by molar-refractivity contribution is 7.92. The maximum Gasteiger partial charge on any atom is 0.264 e. The summed E-state index contributed by atoms with van der Waals surface area (Å²) >= 11 is 6.30. The third kappa shape index (κ3) is 5.07. The van der Waals surface area contributed by atoms with E-state index < -0.39 is 22.5 Å². The van der Waals surface area contributed by atoms with E-state index in [-0.39, 0.29) is 21.6 Å². The average molecular weight is 487 g/mol. The van der Waals surface area contributed by atoms with E-state index >= 15 is 0 Å². The van der Waals surface area contributed by atoms with Crippen LogP contribution in [-0.4, -0.2) is 34.1 Å². The molecule has 1 heterocycles. The highest BCUT2D eigenvalue weighted by atomic mass is 35.5. The Morgan fingerprint density at radius 1 is 1.00 bits per heavy atom. The van der Waals surface area contributed by atoms with Crippen LogP contribution in [-0.2, 0) is 14.8 Å². The van der Waals surface area contributed by atoms with Crippen LogP contribution in [0.15, 0.2) is 77.7 Å². The van der Waals surface area contributed by atoms with Crippen LogP contribution in [0.3, 0.4) is 0 Å². The van der Waals surface area contributed by atoms with Gasteiger partial charge >= 0.3 is 0 Å². The molecular formula is C24H23ClN2O5S. The third-order valence-corrected chi connectivity index (χ3v) is 7.28. The van der Waals surface area contributed by atoms with E-state index in [2.05, 4.69) is 5.32 Å². The number of amides is 1. The number of anilines is 1. The number of para-hydroxylation sites is 1. The van der Waals surface area contributed by atoms with Crippen molar-refractivity contribution in [1.82, 2.24) is 5.32 Å². The molecule has 9 heteroatoms. The molecule has 0 unspecified atom stereocenters. The second kappa shape index (κ2) is 9.72. The number of sulfonamides is 1. The van der Waals surface area contributed by atoms with Gasteiger partial charge in [-0.1, -0.05) is 48.0 Å². The maximum atomic E-state index is 13.4. The van der Waals surface area contributed by atoms with Crippen LogP contribution in [0.4, 0.5) is 5.69 Å². The Bertz CT molecular complexity index is 1250. The molecule has 0 spiro atoms. The molecule has 1 N–H and O–H groups in total. The van der Waals surface area contributed by atoms with Crippen molar-refractivity contribution < 1.29 is 22.7 Å². The lowest BCUT2D eigenvalue weighted by Gasteiger charge is -2.26. The van der Waals surface area contributed by atoms with Gasteiger partial charge in [0.25, 0.3) is 10.0 Å². The van der Waals surface area contributed by atoms with E-state index in [1.165, 1.54) is 12.1 Å². The van der Waals surface area contributed by atoms with Crippen LogP contribution < -0.4 is 19.1 Å². The van der Waals surface area contributed by atoms with Crippen molar-refractivity contribution >= 4 is 33.2 Å². The second-order valence-electron chi connectivity index (χ2n) is 7.47. The van der Waals surface area contributed by atoms with Crippen molar-refractivity contribution in [1.29, 1.82) is 0 Å². The number of ether oxygens (including phenoxy) is 2. The molecule has 172 valence electrons. The van der Waals surface area contributed by atoms with Gasteiger partial charge in [0.1, 0.15) is 19.8 Å². The lowest BCUT2D eigenvalue weighted by Crippen LogP contribution is -2.41. The predicted octanol–water partition coefficient (Wildman–Crippen LogP) is 4.18. The Hall–Kier alpha value is -3.23. The van der Waals surface area contributed by atoms with Crippen molar-refractivity contribution in [3.63, 3.8) is 0 Å². The Kier molecular flexibility index (Phi) is 6.76. The van der Waals surface area contributed by atoms with Gasteiger partial charge in [-0.3, -0.25) is 9.10 Å². The zero-order valence-corrected chi connectivity index (χ0v) is 19.5. The van der Waals surface area contributed by atoms with Crippen molar-refractivity contribution in [2.24, 2.45) is 0 Å². The standard InChI is InChI=1S/C24H23ClN2O5S/c1-17(18-11-12-22-23(15-18)32-14-13-31-22)26-24(28)16-27(21-10-6-5-9-20(21)25)33(29,30)19-7-3-2-4-8-19/h2-12,15,17H,13-14,16H2,1H3,(H,26,28)/t17-/m0/s1. The minimum Gasteiger partial charge on any atom is -0.486 e.